The number of fused-ring (bicyclic) bond motifs is 4. The fraction of sp³-hybridized carbons (Fsp3) is 0.605. The van der Waals surface area contributed by atoms with Gasteiger partial charge >= 0.3 is 0 Å². The van der Waals surface area contributed by atoms with Gasteiger partial charge in [0, 0.05) is 42.5 Å². The fourth-order valence-corrected chi connectivity index (χ4v) is 12.7. The van der Waals surface area contributed by atoms with Gasteiger partial charge in [0.2, 0.25) is 0 Å². The van der Waals surface area contributed by atoms with Crippen LogP contribution >= 0.6 is 0 Å². The molecule has 2 aromatic rings. The maximum atomic E-state index is 12.8. The first-order valence-corrected chi connectivity index (χ1v) is 17.4. The number of piperidine rings is 2. The topological polar surface area (TPSA) is 51.1 Å². The van der Waals surface area contributed by atoms with Gasteiger partial charge in [0.15, 0.2) is 5.72 Å². The summed E-state index contributed by atoms with van der Waals surface area (Å²) >= 11 is 0. The van der Waals surface area contributed by atoms with E-state index in [1.807, 2.05) is 0 Å². The van der Waals surface area contributed by atoms with Crippen LogP contribution in [0.4, 0.5) is 11.4 Å². The van der Waals surface area contributed by atoms with Gasteiger partial charge in [-0.05, 0) is 97.2 Å². The van der Waals surface area contributed by atoms with Crippen molar-refractivity contribution in [2.24, 2.45) is 34.6 Å². The van der Waals surface area contributed by atoms with Gasteiger partial charge in [0.25, 0.3) is 0 Å². The Kier molecular flexibility index (Phi) is 5.05. The van der Waals surface area contributed by atoms with Gasteiger partial charge in [0.1, 0.15) is 0 Å². The van der Waals surface area contributed by atoms with Crippen LogP contribution in [0, 0.1) is 29.6 Å². The molecule has 4 saturated heterocycles. The predicted octanol–water partition coefficient (Wildman–Crippen LogP) is 6.05. The molecule has 8 aliphatic rings. The summed E-state index contributed by atoms with van der Waals surface area (Å²) in [6.07, 6.45) is 8.05. The van der Waals surface area contributed by atoms with E-state index in [-0.39, 0.29) is 10.8 Å². The average Bonchev–Trinajstić information content (AvgIpc) is 3.78. The van der Waals surface area contributed by atoms with E-state index in [4.69, 9.17) is 4.99 Å². The molecular formula is C38H46N4O. The molecule has 0 radical (unpaired) electrons. The summed E-state index contributed by atoms with van der Waals surface area (Å²) in [5.74, 6) is 2.79. The van der Waals surface area contributed by atoms with Crippen molar-refractivity contribution in [1.82, 2.24) is 9.80 Å². The molecule has 10 atom stereocenters. The van der Waals surface area contributed by atoms with E-state index in [0.29, 0.717) is 41.7 Å². The monoisotopic (exact) mass is 574 g/mol. The molecule has 2 N–H and O–H groups in total. The molecule has 2 spiro atoms. The third-order valence-corrected chi connectivity index (χ3v) is 14.6. The zero-order valence-electron chi connectivity index (χ0n) is 25.9. The first-order valence-electron chi connectivity index (χ1n) is 17.4. The van der Waals surface area contributed by atoms with Crippen molar-refractivity contribution in [2.45, 2.75) is 87.4 Å². The highest BCUT2D eigenvalue weighted by molar-refractivity contribution is 6.05. The Morgan fingerprint density at radius 2 is 1.70 bits per heavy atom. The van der Waals surface area contributed by atoms with Crippen LogP contribution in [-0.4, -0.2) is 64.6 Å². The van der Waals surface area contributed by atoms with E-state index in [0.717, 1.165) is 44.3 Å². The zero-order valence-corrected chi connectivity index (χ0v) is 25.9. The second-order valence-electron chi connectivity index (χ2n) is 15.6. The minimum Gasteiger partial charge on any atom is -0.366 e. The molecule has 224 valence electrons. The summed E-state index contributed by atoms with van der Waals surface area (Å²) in [5.41, 5.74) is 7.94. The number of rotatable bonds is 4. The first-order chi connectivity index (χ1) is 20.9. The molecule has 5 heteroatoms. The second kappa shape index (κ2) is 8.41. The molecule has 2 aromatic carbocycles. The van der Waals surface area contributed by atoms with Gasteiger partial charge in [-0.25, -0.2) is 0 Å². The van der Waals surface area contributed by atoms with Crippen molar-refractivity contribution in [3.05, 3.63) is 71.3 Å². The third kappa shape index (κ3) is 2.82. The van der Waals surface area contributed by atoms with Gasteiger partial charge in [-0.1, -0.05) is 69.7 Å². The van der Waals surface area contributed by atoms with Crippen LogP contribution in [0.15, 0.2) is 59.6 Å². The van der Waals surface area contributed by atoms with Crippen LogP contribution in [0.2, 0.25) is 0 Å². The lowest BCUT2D eigenvalue weighted by Gasteiger charge is -2.57. The van der Waals surface area contributed by atoms with Crippen molar-refractivity contribution in [3.63, 3.8) is 0 Å². The Bertz CT molecular complexity index is 1600. The van der Waals surface area contributed by atoms with Gasteiger partial charge in [-0.2, -0.15) is 0 Å². The van der Waals surface area contributed by atoms with E-state index < -0.39 is 5.72 Å². The highest BCUT2D eigenvalue weighted by Gasteiger charge is 2.71. The molecule has 6 aliphatic heterocycles. The molecule has 10 unspecified atom stereocenters. The van der Waals surface area contributed by atoms with Crippen LogP contribution in [0.5, 0.6) is 0 Å². The van der Waals surface area contributed by atoms with Crippen LogP contribution < -0.4 is 5.32 Å². The van der Waals surface area contributed by atoms with Gasteiger partial charge in [-0.15, -0.1) is 0 Å². The summed E-state index contributed by atoms with van der Waals surface area (Å²) in [6.45, 7) is 14.1. The lowest BCUT2D eigenvalue weighted by atomic mass is 9.54. The van der Waals surface area contributed by atoms with E-state index in [1.165, 1.54) is 66.1 Å². The minimum atomic E-state index is -1.07. The lowest BCUT2D eigenvalue weighted by Crippen LogP contribution is -2.67. The highest BCUT2D eigenvalue weighted by atomic mass is 16.3. The van der Waals surface area contributed by atoms with Gasteiger partial charge in [0.05, 0.1) is 16.5 Å². The second-order valence-corrected chi connectivity index (χ2v) is 15.6. The number of para-hydroxylation sites is 2. The average molecular weight is 575 g/mol. The molecule has 6 heterocycles. The number of nitrogens with one attached hydrogen (secondary N) is 1. The quantitative estimate of drug-likeness (QED) is 0.437. The largest absolute Gasteiger partial charge is 0.366 e. The minimum absolute atomic E-state index is 0.0825. The number of benzene rings is 2. The molecule has 43 heavy (non-hydrogen) atoms. The summed E-state index contributed by atoms with van der Waals surface area (Å²) in [6, 6.07) is 17.1. The lowest BCUT2D eigenvalue weighted by molar-refractivity contribution is -0.0600. The highest BCUT2D eigenvalue weighted by Crippen LogP contribution is 2.66. The molecule has 4 bridgehead atoms. The van der Waals surface area contributed by atoms with Crippen molar-refractivity contribution < 1.29 is 5.11 Å². The van der Waals surface area contributed by atoms with Crippen LogP contribution in [0.25, 0.3) is 0 Å². The Morgan fingerprint density at radius 1 is 0.930 bits per heavy atom. The SMILES string of the molecule is C=C1C2CC3N(CCC34c3cccc(CC5C6=Nc7ccccc7C67CCN6CC(CC)C5CC67)c3NC14O)CC2CC. The van der Waals surface area contributed by atoms with E-state index in [1.54, 1.807) is 0 Å². The number of aliphatic imine (C=N–C) groups is 1. The number of nitrogens with zero attached hydrogens (tertiary/aromatic N) is 3. The third-order valence-electron chi connectivity index (χ3n) is 14.6. The Hall–Kier alpha value is -2.47. The van der Waals surface area contributed by atoms with Crippen molar-refractivity contribution in [3.8, 4) is 0 Å². The molecule has 0 amide bonds. The van der Waals surface area contributed by atoms with Crippen LogP contribution in [-0.2, 0) is 17.3 Å². The molecule has 0 aromatic heterocycles. The number of anilines is 1. The van der Waals surface area contributed by atoms with E-state index in [9.17, 15) is 5.11 Å². The molecule has 5 nitrogen and oxygen atoms in total. The van der Waals surface area contributed by atoms with Gasteiger partial charge in [-0.3, -0.25) is 14.8 Å². The van der Waals surface area contributed by atoms with Crippen molar-refractivity contribution in [1.29, 1.82) is 0 Å². The Labute approximate surface area is 256 Å². The van der Waals surface area contributed by atoms with E-state index in [2.05, 4.69) is 78.0 Å². The van der Waals surface area contributed by atoms with Crippen LogP contribution in [0.3, 0.4) is 0 Å². The van der Waals surface area contributed by atoms with E-state index >= 15 is 0 Å². The number of aliphatic hydroxyl groups is 1. The Balaban J connectivity index is 1.10. The summed E-state index contributed by atoms with van der Waals surface area (Å²) in [7, 11) is 0. The summed E-state index contributed by atoms with van der Waals surface area (Å²) in [4.78, 5) is 11.1. The molecule has 10 rings (SSSR count). The first kappa shape index (κ1) is 25.8. The zero-order chi connectivity index (χ0) is 28.9. The maximum Gasteiger partial charge on any atom is 0.169 e. The fourth-order valence-electron chi connectivity index (χ4n) is 12.7. The van der Waals surface area contributed by atoms with Crippen molar-refractivity contribution >= 4 is 17.1 Å². The maximum absolute atomic E-state index is 12.8. The summed E-state index contributed by atoms with van der Waals surface area (Å²) in [5, 5.41) is 16.7. The molecule has 2 aliphatic carbocycles. The Morgan fingerprint density at radius 3 is 2.56 bits per heavy atom. The van der Waals surface area contributed by atoms with Gasteiger partial charge < -0.3 is 10.4 Å². The number of hydrogen-bond donors (Lipinski definition) is 2. The molecule has 2 saturated carbocycles. The normalized spacial score (nSPS) is 44.9. The molecule has 6 fully saturated rings. The smallest absolute Gasteiger partial charge is 0.169 e. The summed E-state index contributed by atoms with van der Waals surface area (Å²) < 4.78 is 0. The predicted molar refractivity (Wildman–Crippen MR) is 172 cm³/mol. The number of hydrogen-bond acceptors (Lipinski definition) is 5. The standard InChI is InChI=1S/C38H46N4O/c1-4-23-20-42-16-14-37-30-11-8-9-25(34(30)40-38(37,43)22(3)26(23)18-33(37)42)17-28-27-19-32-36(13-15-41(32)21-24(27)5-2)29-10-6-7-12-31(29)39-35(28)36/h6-12,23-24,26-28,32-33,40,43H,3-5,13-21H2,1-2H3. The van der Waals surface area contributed by atoms with Crippen LogP contribution in [0.1, 0.15) is 69.1 Å². The molecular weight excluding hydrogens is 528 g/mol. The van der Waals surface area contributed by atoms with Crippen molar-refractivity contribution in [2.75, 3.05) is 31.5 Å².